The van der Waals surface area contributed by atoms with Crippen LogP contribution in [0, 0.1) is 0 Å². The van der Waals surface area contributed by atoms with Gasteiger partial charge in [0, 0.05) is 6.92 Å². The normalized spacial score (nSPS) is 10.6. The molecule has 0 heterocycles. The minimum atomic E-state index is -0.212. The van der Waals surface area contributed by atoms with E-state index in [-0.39, 0.29) is 5.97 Å². The lowest BCUT2D eigenvalue weighted by molar-refractivity contribution is -0.139. The van der Waals surface area contributed by atoms with Gasteiger partial charge in [-0.15, -0.1) is 0 Å². The maximum Gasteiger partial charge on any atom is 0.302 e. The third-order valence-corrected chi connectivity index (χ3v) is 1.77. The van der Waals surface area contributed by atoms with E-state index in [0.29, 0.717) is 6.61 Å². The van der Waals surface area contributed by atoms with Crippen molar-refractivity contribution < 1.29 is 9.53 Å². The zero-order chi connectivity index (χ0) is 9.94. The van der Waals surface area contributed by atoms with E-state index in [1.165, 1.54) is 32.6 Å². The lowest BCUT2D eigenvalue weighted by Gasteiger charge is -1.95. The van der Waals surface area contributed by atoms with E-state index >= 15 is 0 Å². The number of carbonyl (C=O) groups excluding carboxylic acids is 1. The van der Waals surface area contributed by atoms with Crippen LogP contribution < -0.4 is 0 Å². The number of carbonyl (C=O) groups is 1. The third kappa shape index (κ3) is 11.2. The van der Waals surface area contributed by atoms with Gasteiger partial charge in [-0.25, -0.2) is 0 Å². The molecule has 0 atom stereocenters. The van der Waals surface area contributed by atoms with Crippen LogP contribution in [0.1, 0.15) is 46.0 Å². The van der Waals surface area contributed by atoms with Crippen molar-refractivity contribution in [3.63, 3.8) is 0 Å². The summed E-state index contributed by atoms with van der Waals surface area (Å²) in [6.45, 7) is 4.05. The molecule has 0 bridgehead atoms. The summed E-state index contributed by atoms with van der Waals surface area (Å²) in [5.74, 6) is -0.212. The zero-order valence-electron chi connectivity index (χ0n) is 8.71. The average Bonchev–Trinajstić information content (AvgIpc) is 2.09. The number of hydrogen-bond acceptors (Lipinski definition) is 2. The van der Waals surface area contributed by atoms with Crippen molar-refractivity contribution in [3.8, 4) is 0 Å². The molecule has 0 fully saturated rings. The van der Waals surface area contributed by atoms with Gasteiger partial charge in [0.05, 0.1) is 0 Å². The summed E-state index contributed by atoms with van der Waals surface area (Å²) in [5.41, 5.74) is 0. The average molecular weight is 184 g/mol. The molecular weight excluding hydrogens is 164 g/mol. The summed E-state index contributed by atoms with van der Waals surface area (Å²) in [6, 6.07) is 0. The molecule has 0 aromatic heterocycles. The lowest BCUT2D eigenvalue weighted by Crippen LogP contribution is -1.97. The SMILES string of the molecule is CCCCCC/C=C/COC(C)=O. The zero-order valence-corrected chi connectivity index (χ0v) is 8.71. The van der Waals surface area contributed by atoms with Crippen LogP contribution in [0.4, 0.5) is 0 Å². The van der Waals surface area contributed by atoms with Crippen LogP contribution >= 0.6 is 0 Å². The van der Waals surface area contributed by atoms with E-state index in [0.717, 1.165) is 6.42 Å². The van der Waals surface area contributed by atoms with Gasteiger partial charge in [0.2, 0.25) is 0 Å². The van der Waals surface area contributed by atoms with Gasteiger partial charge in [0.15, 0.2) is 0 Å². The van der Waals surface area contributed by atoms with E-state index in [1.807, 2.05) is 6.08 Å². The Kier molecular flexibility index (Phi) is 8.73. The number of allylic oxidation sites excluding steroid dienone is 1. The van der Waals surface area contributed by atoms with Gasteiger partial charge >= 0.3 is 5.97 Å². The predicted molar refractivity (Wildman–Crippen MR) is 54.5 cm³/mol. The van der Waals surface area contributed by atoms with Crippen molar-refractivity contribution in [1.82, 2.24) is 0 Å². The number of esters is 1. The van der Waals surface area contributed by atoms with Crippen LogP contribution in [0.5, 0.6) is 0 Å². The van der Waals surface area contributed by atoms with E-state index in [2.05, 4.69) is 13.0 Å². The first kappa shape index (κ1) is 12.2. The summed E-state index contributed by atoms with van der Waals surface area (Å²) in [5, 5.41) is 0. The molecule has 0 aromatic rings. The fourth-order valence-electron chi connectivity index (χ4n) is 1.04. The minimum absolute atomic E-state index is 0.212. The van der Waals surface area contributed by atoms with E-state index in [4.69, 9.17) is 4.74 Å². The Bertz CT molecular complexity index is 150. The van der Waals surface area contributed by atoms with Crippen molar-refractivity contribution in [2.45, 2.75) is 46.0 Å². The fourth-order valence-corrected chi connectivity index (χ4v) is 1.04. The Balaban J connectivity index is 3.08. The molecule has 0 aliphatic heterocycles. The van der Waals surface area contributed by atoms with Crippen LogP contribution in [0.25, 0.3) is 0 Å². The van der Waals surface area contributed by atoms with Gasteiger partial charge in [-0.3, -0.25) is 4.79 Å². The maximum atomic E-state index is 10.4. The highest BCUT2D eigenvalue weighted by Crippen LogP contribution is 2.02. The van der Waals surface area contributed by atoms with Crippen molar-refractivity contribution in [3.05, 3.63) is 12.2 Å². The molecule has 0 saturated carbocycles. The Morgan fingerprint density at radius 3 is 2.62 bits per heavy atom. The van der Waals surface area contributed by atoms with Crippen molar-refractivity contribution in [2.24, 2.45) is 0 Å². The van der Waals surface area contributed by atoms with E-state index < -0.39 is 0 Å². The molecule has 13 heavy (non-hydrogen) atoms. The van der Waals surface area contributed by atoms with Crippen LogP contribution in [0.15, 0.2) is 12.2 Å². The van der Waals surface area contributed by atoms with Gasteiger partial charge in [0.1, 0.15) is 6.61 Å². The van der Waals surface area contributed by atoms with Crippen molar-refractivity contribution >= 4 is 5.97 Å². The molecule has 0 saturated heterocycles. The lowest BCUT2D eigenvalue weighted by atomic mass is 10.1. The van der Waals surface area contributed by atoms with Crippen LogP contribution in [-0.2, 0) is 9.53 Å². The van der Waals surface area contributed by atoms with Gasteiger partial charge in [0.25, 0.3) is 0 Å². The van der Waals surface area contributed by atoms with Gasteiger partial charge in [-0.1, -0.05) is 38.3 Å². The van der Waals surface area contributed by atoms with Crippen LogP contribution in [-0.4, -0.2) is 12.6 Å². The maximum absolute atomic E-state index is 10.4. The highest BCUT2D eigenvalue weighted by Gasteiger charge is 1.87. The molecular formula is C11H20O2. The Morgan fingerprint density at radius 2 is 2.00 bits per heavy atom. The molecule has 0 unspecified atom stereocenters. The first-order chi connectivity index (χ1) is 6.27. The highest BCUT2D eigenvalue weighted by atomic mass is 16.5. The fraction of sp³-hybridized carbons (Fsp3) is 0.727. The standard InChI is InChI=1S/C11H20O2/c1-3-4-5-6-7-8-9-10-13-11(2)12/h8-9H,3-7,10H2,1-2H3/b9-8+. The molecule has 0 amide bonds. The molecule has 76 valence electrons. The van der Waals surface area contributed by atoms with Gasteiger partial charge in [-0.2, -0.15) is 0 Å². The molecule has 0 aromatic carbocycles. The first-order valence-electron chi connectivity index (χ1n) is 5.05. The second-order valence-corrected chi connectivity index (χ2v) is 3.12. The largest absolute Gasteiger partial charge is 0.462 e. The summed E-state index contributed by atoms with van der Waals surface area (Å²) in [4.78, 5) is 10.4. The number of unbranched alkanes of at least 4 members (excludes halogenated alkanes) is 4. The number of ether oxygens (including phenoxy) is 1. The summed E-state index contributed by atoms with van der Waals surface area (Å²) >= 11 is 0. The van der Waals surface area contributed by atoms with Crippen LogP contribution in [0.2, 0.25) is 0 Å². The molecule has 0 radical (unpaired) electrons. The molecule has 0 aliphatic carbocycles. The van der Waals surface area contributed by atoms with Crippen molar-refractivity contribution in [1.29, 1.82) is 0 Å². The molecule has 0 N–H and O–H groups in total. The van der Waals surface area contributed by atoms with Gasteiger partial charge < -0.3 is 4.74 Å². The van der Waals surface area contributed by atoms with E-state index in [1.54, 1.807) is 0 Å². The second kappa shape index (κ2) is 9.30. The Morgan fingerprint density at radius 1 is 1.23 bits per heavy atom. The Labute approximate surface area is 81.0 Å². The topological polar surface area (TPSA) is 26.3 Å². The first-order valence-corrected chi connectivity index (χ1v) is 5.05. The van der Waals surface area contributed by atoms with E-state index in [9.17, 15) is 4.79 Å². The molecule has 0 aliphatic rings. The molecule has 0 rings (SSSR count). The third-order valence-electron chi connectivity index (χ3n) is 1.77. The smallest absolute Gasteiger partial charge is 0.302 e. The monoisotopic (exact) mass is 184 g/mol. The van der Waals surface area contributed by atoms with Crippen molar-refractivity contribution in [2.75, 3.05) is 6.61 Å². The summed E-state index contributed by atoms with van der Waals surface area (Å²) in [6.07, 6.45) is 10.2. The molecule has 2 nitrogen and oxygen atoms in total. The second-order valence-electron chi connectivity index (χ2n) is 3.12. The van der Waals surface area contributed by atoms with Gasteiger partial charge in [-0.05, 0) is 12.8 Å². The van der Waals surface area contributed by atoms with Crippen LogP contribution in [0.3, 0.4) is 0 Å². The number of rotatable bonds is 7. The quantitative estimate of drug-likeness (QED) is 0.345. The highest BCUT2D eigenvalue weighted by molar-refractivity contribution is 5.65. The Hall–Kier alpha value is -0.790. The predicted octanol–water partition coefficient (Wildman–Crippen LogP) is 3.08. The summed E-state index contributed by atoms with van der Waals surface area (Å²) in [7, 11) is 0. The minimum Gasteiger partial charge on any atom is -0.462 e. The number of hydrogen-bond donors (Lipinski definition) is 0. The summed E-state index contributed by atoms with van der Waals surface area (Å²) < 4.78 is 4.74. The molecule has 0 spiro atoms. The molecule has 2 heteroatoms.